The monoisotopic (exact) mass is 671 g/mol. The van der Waals surface area contributed by atoms with Gasteiger partial charge in [-0.1, -0.05) is 38.6 Å². The highest BCUT2D eigenvalue weighted by molar-refractivity contribution is 6.02. The van der Waals surface area contributed by atoms with E-state index in [0.29, 0.717) is 50.0 Å². The lowest BCUT2D eigenvalue weighted by Crippen LogP contribution is -2.43. The number of likely N-dealkylation sites (tertiary alicyclic amines) is 1. The second kappa shape index (κ2) is 12.3. The van der Waals surface area contributed by atoms with Crippen LogP contribution < -0.4 is 20.1 Å². The van der Waals surface area contributed by atoms with Crippen molar-refractivity contribution in [1.29, 1.82) is 0 Å². The first-order valence-electron chi connectivity index (χ1n) is 18.3. The molecule has 258 valence electrons. The lowest BCUT2D eigenvalue weighted by Gasteiger charge is -2.38. The van der Waals surface area contributed by atoms with Crippen LogP contribution in [0.2, 0.25) is 0 Å². The van der Waals surface area contributed by atoms with Crippen LogP contribution in [-0.4, -0.2) is 68.0 Å². The Hall–Kier alpha value is -4.72. The number of carbonyl (C=O) groups excluding carboxylic acids is 3. The van der Waals surface area contributed by atoms with Gasteiger partial charge in [0.2, 0.25) is 5.36 Å². The van der Waals surface area contributed by atoms with Gasteiger partial charge in [-0.15, -0.1) is 5.06 Å². The third-order valence-corrected chi connectivity index (χ3v) is 11.9. The summed E-state index contributed by atoms with van der Waals surface area (Å²) in [6, 6.07) is 17.8. The average Bonchev–Trinajstić information content (AvgIpc) is 3.43. The molecule has 4 heterocycles. The number of nitrogens with zero attached hydrogens (tertiary/aromatic N) is 4. The molecule has 0 N–H and O–H groups in total. The van der Waals surface area contributed by atoms with Crippen molar-refractivity contribution in [3.05, 3.63) is 110 Å². The summed E-state index contributed by atoms with van der Waals surface area (Å²) in [4.78, 5) is 49.4. The van der Waals surface area contributed by atoms with Crippen LogP contribution in [-0.2, 0) is 32.7 Å². The Kier molecular flexibility index (Phi) is 7.96. The van der Waals surface area contributed by atoms with Crippen molar-refractivity contribution in [2.24, 2.45) is 5.92 Å². The molecule has 8 nitrogen and oxygen atoms in total. The standard InChI is InChI=1S/C42H47N4O4/c1-26-14-15-38(47)46(26)50-41(49)27-16-20-45(21-17-27)40(48)31-13-7-6-12-30(31)39-32-22-28-10-8-18-43(4)36(28)24-34(32)42(2,3)35-25-37-29(23-33(35)39)11-9-19-44(37)5/h6-7,12-13,22-25,27H,1,8-11,14-21H2,2-5H3/q+1. The molecule has 0 radical (unpaired) electrons. The highest BCUT2D eigenvalue weighted by Gasteiger charge is 2.38. The van der Waals surface area contributed by atoms with E-state index in [2.05, 4.69) is 74.3 Å². The first kappa shape index (κ1) is 32.5. The van der Waals surface area contributed by atoms with Crippen LogP contribution in [0.15, 0.2) is 60.8 Å². The number of amides is 2. The normalized spacial score (nSPS) is 20.0. The van der Waals surface area contributed by atoms with Gasteiger partial charge in [0.1, 0.15) is 13.6 Å². The minimum absolute atomic E-state index is 0.0219. The maximum Gasteiger partial charge on any atom is 0.336 e. The van der Waals surface area contributed by atoms with E-state index in [1.165, 1.54) is 44.1 Å². The largest absolute Gasteiger partial charge is 0.374 e. The number of carbonyl (C=O) groups is 3. The van der Waals surface area contributed by atoms with Crippen LogP contribution in [0.3, 0.4) is 0 Å². The molecule has 0 bridgehead atoms. The van der Waals surface area contributed by atoms with Gasteiger partial charge in [-0.2, -0.15) is 0 Å². The highest BCUT2D eigenvalue weighted by atomic mass is 16.7. The Bertz CT molecular complexity index is 2090. The van der Waals surface area contributed by atoms with Crippen LogP contribution in [0, 0.1) is 5.92 Å². The van der Waals surface area contributed by atoms with E-state index < -0.39 is 5.97 Å². The van der Waals surface area contributed by atoms with Gasteiger partial charge in [0.05, 0.1) is 11.6 Å². The molecule has 0 atom stereocenters. The smallest absolute Gasteiger partial charge is 0.336 e. The summed E-state index contributed by atoms with van der Waals surface area (Å²) in [5.41, 5.74) is 10.9. The van der Waals surface area contributed by atoms with Gasteiger partial charge in [-0.3, -0.25) is 9.59 Å². The Labute approximate surface area is 294 Å². The fourth-order valence-electron chi connectivity index (χ4n) is 8.95. The predicted molar refractivity (Wildman–Crippen MR) is 194 cm³/mol. The minimum atomic E-state index is -0.426. The van der Waals surface area contributed by atoms with Gasteiger partial charge in [0, 0.05) is 67.8 Å². The molecule has 2 fully saturated rings. The Balaban J connectivity index is 1.21. The maximum absolute atomic E-state index is 14.5. The molecule has 8 heteroatoms. The molecule has 5 aliphatic rings. The summed E-state index contributed by atoms with van der Waals surface area (Å²) >= 11 is 0. The molecule has 8 rings (SSSR count). The molecule has 2 saturated heterocycles. The molecule has 1 aliphatic carbocycles. The van der Waals surface area contributed by atoms with Gasteiger partial charge in [0.15, 0.2) is 0 Å². The van der Waals surface area contributed by atoms with E-state index in [0.717, 1.165) is 55.0 Å². The fraction of sp³-hybridized carbons (Fsp3) is 0.429. The van der Waals surface area contributed by atoms with E-state index in [4.69, 9.17) is 4.84 Å². The van der Waals surface area contributed by atoms with Crippen molar-refractivity contribution in [3.8, 4) is 0 Å². The van der Waals surface area contributed by atoms with Crippen LogP contribution in [0.1, 0.15) is 96.1 Å². The van der Waals surface area contributed by atoms with E-state index in [-0.39, 0.29) is 23.1 Å². The number of hydroxylamine groups is 2. The average molecular weight is 672 g/mol. The fourth-order valence-corrected chi connectivity index (χ4v) is 8.95. The summed E-state index contributed by atoms with van der Waals surface area (Å²) in [7, 11) is 4.40. The molecular weight excluding hydrogens is 624 g/mol. The number of hydrogen-bond acceptors (Lipinski definition) is 5. The van der Waals surface area contributed by atoms with Crippen LogP contribution >= 0.6 is 0 Å². The quantitative estimate of drug-likeness (QED) is 0.383. The molecule has 0 aromatic heterocycles. The molecule has 4 aliphatic heterocycles. The van der Waals surface area contributed by atoms with Crippen molar-refractivity contribution in [2.75, 3.05) is 45.2 Å². The van der Waals surface area contributed by atoms with Gasteiger partial charge in [-0.25, -0.2) is 9.37 Å². The van der Waals surface area contributed by atoms with Crippen LogP contribution in [0.25, 0.3) is 5.57 Å². The summed E-state index contributed by atoms with van der Waals surface area (Å²) in [6.07, 6.45) is 6.11. The third-order valence-electron chi connectivity index (χ3n) is 11.9. The number of fused-ring (bicyclic) bond motifs is 4. The number of benzene rings is 3. The molecule has 0 spiro atoms. The van der Waals surface area contributed by atoms with Crippen molar-refractivity contribution in [3.63, 3.8) is 0 Å². The topological polar surface area (TPSA) is 73.2 Å². The Morgan fingerprint density at radius 3 is 2.42 bits per heavy atom. The molecule has 0 saturated carbocycles. The minimum Gasteiger partial charge on any atom is -0.374 e. The van der Waals surface area contributed by atoms with Crippen LogP contribution in [0.5, 0.6) is 0 Å². The van der Waals surface area contributed by atoms with Crippen LogP contribution in [0.4, 0.5) is 5.69 Å². The van der Waals surface area contributed by atoms with E-state index in [1.54, 1.807) is 0 Å². The number of piperidine rings is 1. The van der Waals surface area contributed by atoms with Crippen molar-refractivity contribution >= 4 is 29.0 Å². The van der Waals surface area contributed by atoms with Gasteiger partial charge in [0.25, 0.3) is 11.8 Å². The zero-order valence-electron chi connectivity index (χ0n) is 29.8. The van der Waals surface area contributed by atoms with Crippen molar-refractivity contribution in [1.82, 2.24) is 14.5 Å². The second-order valence-corrected chi connectivity index (χ2v) is 15.4. The summed E-state index contributed by atoms with van der Waals surface area (Å²) in [6.45, 7) is 11.5. The van der Waals surface area contributed by atoms with E-state index in [9.17, 15) is 14.4 Å². The molecule has 50 heavy (non-hydrogen) atoms. The molecule has 0 unspecified atom stereocenters. The number of anilines is 1. The number of allylic oxidation sites excluding steroid dienone is 1. The third kappa shape index (κ3) is 5.26. The van der Waals surface area contributed by atoms with Gasteiger partial charge >= 0.3 is 5.97 Å². The van der Waals surface area contributed by atoms with Gasteiger partial charge in [-0.05, 0) is 101 Å². The molecule has 2 amide bonds. The molecule has 3 aromatic carbocycles. The Morgan fingerprint density at radius 2 is 1.66 bits per heavy atom. The Morgan fingerprint density at radius 1 is 0.900 bits per heavy atom. The van der Waals surface area contributed by atoms with E-state index >= 15 is 0 Å². The van der Waals surface area contributed by atoms with E-state index in [1.807, 2.05) is 23.1 Å². The van der Waals surface area contributed by atoms with Crippen molar-refractivity contribution < 1.29 is 19.2 Å². The number of hydrogen-bond donors (Lipinski definition) is 0. The summed E-state index contributed by atoms with van der Waals surface area (Å²) < 4.78 is 2.39. The zero-order valence-corrected chi connectivity index (χ0v) is 29.8. The first-order valence-corrected chi connectivity index (χ1v) is 18.3. The summed E-state index contributed by atoms with van der Waals surface area (Å²) in [5, 5.41) is 3.59. The zero-order chi connectivity index (χ0) is 34.9. The van der Waals surface area contributed by atoms with Crippen molar-refractivity contribution in [2.45, 2.75) is 70.6 Å². The highest BCUT2D eigenvalue weighted by Crippen LogP contribution is 2.44. The lowest BCUT2D eigenvalue weighted by molar-refractivity contribution is -0.191. The predicted octanol–water partition coefficient (Wildman–Crippen LogP) is 4.47. The number of aryl methyl sites for hydroxylation is 2. The molecule has 3 aromatic rings. The molecular formula is C42H47N4O4+. The lowest BCUT2D eigenvalue weighted by atomic mass is 9.67. The summed E-state index contributed by atoms with van der Waals surface area (Å²) in [5.74, 6) is -1.06. The second-order valence-electron chi connectivity index (χ2n) is 15.4. The number of rotatable bonds is 4. The first-order chi connectivity index (χ1) is 24.0. The maximum atomic E-state index is 14.5. The SMILES string of the molecule is C=C1CCC(=O)N1OC(=O)C1CCN(C(=O)c2ccccc2C2=c3cc4c(cc3C(C)(C)c3cc5c(cc32)CCCN5C)=[N+](C)CCC4)CC1. The van der Waals surface area contributed by atoms with Gasteiger partial charge < -0.3 is 14.6 Å².